The van der Waals surface area contributed by atoms with Gasteiger partial charge in [0.1, 0.15) is 18.0 Å². The van der Waals surface area contributed by atoms with Crippen molar-refractivity contribution < 1.29 is 19.4 Å². The van der Waals surface area contributed by atoms with Crippen LogP contribution in [0.3, 0.4) is 0 Å². The second kappa shape index (κ2) is 9.66. The lowest BCUT2D eigenvalue weighted by atomic mass is 10.0. The Labute approximate surface area is 220 Å². The van der Waals surface area contributed by atoms with Gasteiger partial charge in [-0.3, -0.25) is 14.7 Å². The van der Waals surface area contributed by atoms with Crippen LogP contribution in [0.2, 0.25) is 0 Å². The lowest BCUT2D eigenvalue weighted by Crippen LogP contribution is -2.49. The van der Waals surface area contributed by atoms with E-state index < -0.39 is 11.6 Å². The smallest absolute Gasteiger partial charge is 0.413 e. The summed E-state index contributed by atoms with van der Waals surface area (Å²) < 4.78 is 10.1. The molecule has 1 aliphatic carbocycles. The largest absolute Gasteiger partial charge is 0.496 e. The van der Waals surface area contributed by atoms with Crippen LogP contribution in [0.1, 0.15) is 59.2 Å². The van der Waals surface area contributed by atoms with Crippen LogP contribution in [-0.2, 0) is 12.3 Å². The predicted molar refractivity (Wildman–Crippen MR) is 141 cm³/mol. The predicted octanol–water partition coefficient (Wildman–Crippen LogP) is 3.84. The minimum atomic E-state index is -1.15. The van der Waals surface area contributed by atoms with Gasteiger partial charge in [-0.25, -0.2) is 4.79 Å². The van der Waals surface area contributed by atoms with Gasteiger partial charge in [0.2, 0.25) is 0 Å². The van der Waals surface area contributed by atoms with Crippen molar-refractivity contribution in [1.82, 2.24) is 29.8 Å². The molecule has 0 radical (unpaired) electrons. The summed E-state index contributed by atoms with van der Waals surface area (Å²) in [6.45, 7) is 9.45. The van der Waals surface area contributed by atoms with Crippen LogP contribution in [0, 0.1) is 13.8 Å². The number of aryl methyl sites for hydroxylation is 1. The van der Waals surface area contributed by atoms with Crippen LogP contribution in [-0.4, -0.2) is 79.5 Å². The van der Waals surface area contributed by atoms with Crippen LogP contribution in [0.4, 0.5) is 4.79 Å². The Morgan fingerprint density at radius 2 is 1.92 bits per heavy atom. The number of amidine groups is 1. The molecule has 0 saturated heterocycles. The van der Waals surface area contributed by atoms with E-state index in [4.69, 9.17) is 14.9 Å². The van der Waals surface area contributed by atoms with Crippen molar-refractivity contribution in [1.29, 1.82) is 0 Å². The quantitative estimate of drug-likeness (QED) is 0.509. The molecule has 196 valence electrons. The van der Waals surface area contributed by atoms with E-state index in [2.05, 4.69) is 9.38 Å². The van der Waals surface area contributed by atoms with Crippen LogP contribution < -0.4 is 4.74 Å². The fraction of sp³-hybridized carbons (Fsp3) is 0.440. The van der Waals surface area contributed by atoms with Crippen LogP contribution in [0.25, 0.3) is 11.3 Å². The molecule has 37 heavy (non-hydrogen) atoms. The molecule has 0 bridgehead atoms. The Bertz CT molecular complexity index is 1390. The molecule has 12 heteroatoms. The zero-order valence-corrected chi connectivity index (χ0v) is 23.1. The summed E-state index contributed by atoms with van der Waals surface area (Å²) in [7, 11) is 5.00. The number of rotatable bonds is 4. The van der Waals surface area contributed by atoms with Crippen molar-refractivity contribution in [2.24, 2.45) is 4.40 Å². The molecule has 0 atom stereocenters. The van der Waals surface area contributed by atoms with E-state index in [-0.39, 0.29) is 18.3 Å². The molecule has 4 rings (SSSR count). The van der Waals surface area contributed by atoms with Gasteiger partial charge in [-0.05, 0) is 58.2 Å². The van der Waals surface area contributed by atoms with E-state index in [0.717, 1.165) is 22.4 Å². The maximum Gasteiger partial charge on any atom is 0.413 e. The number of amides is 2. The van der Waals surface area contributed by atoms with E-state index in [9.17, 15) is 14.7 Å². The molecule has 3 heterocycles. The Hall–Kier alpha value is -3.67. The molecular weight excluding hydrogens is 494 g/mol. The third-order valence-corrected chi connectivity index (χ3v) is 6.88. The van der Waals surface area contributed by atoms with E-state index in [0.29, 0.717) is 34.0 Å². The Kier molecular flexibility index (Phi) is 6.89. The van der Waals surface area contributed by atoms with Gasteiger partial charge in [0.25, 0.3) is 5.91 Å². The normalized spacial score (nSPS) is 13.2. The minimum Gasteiger partial charge on any atom is -0.496 e. The number of ether oxygens (including phenoxy) is 1. The number of nitrogens with zero attached hydrogens (tertiary/aromatic N) is 7. The molecule has 0 spiro atoms. The first kappa shape index (κ1) is 26.4. The molecule has 1 N–H and O–H groups in total. The maximum absolute atomic E-state index is 13.0. The third kappa shape index (κ3) is 4.73. The summed E-state index contributed by atoms with van der Waals surface area (Å²) in [5.74, 6) is 1.16. The zero-order valence-electron chi connectivity index (χ0n) is 22.3. The van der Waals surface area contributed by atoms with Crippen molar-refractivity contribution >= 4 is 29.8 Å². The summed E-state index contributed by atoms with van der Waals surface area (Å²) in [5.41, 5.74) is 4.46. The topological polar surface area (TPSA) is 126 Å². The lowest BCUT2D eigenvalue weighted by Gasteiger charge is -2.33. The van der Waals surface area contributed by atoms with Gasteiger partial charge < -0.3 is 14.7 Å². The van der Waals surface area contributed by atoms with Gasteiger partial charge >= 0.3 is 6.09 Å². The molecule has 0 aromatic carbocycles. The SMILES string of the molecule is COc1c(C)cnc(Cn2nc3cc(C(=O)N(C)C)c4c-3c(n2)C(N(C(=O)O)C(C)(C)C)=NSC4)c1C. The summed E-state index contributed by atoms with van der Waals surface area (Å²) in [6, 6.07) is 1.75. The highest BCUT2D eigenvalue weighted by Crippen LogP contribution is 2.40. The molecule has 11 nitrogen and oxygen atoms in total. The highest BCUT2D eigenvalue weighted by atomic mass is 32.2. The molecule has 2 amide bonds. The van der Waals surface area contributed by atoms with Crippen LogP contribution in [0.5, 0.6) is 5.75 Å². The first-order valence-electron chi connectivity index (χ1n) is 11.7. The second-order valence-corrected chi connectivity index (χ2v) is 10.8. The lowest BCUT2D eigenvalue weighted by molar-refractivity contribution is 0.0827. The zero-order chi connectivity index (χ0) is 27.2. The first-order valence-corrected chi connectivity index (χ1v) is 12.6. The monoisotopic (exact) mass is 525 g/mol. The number of hydrogen-bond acceptors (Lipinski definition) is 8. The van der Waals surface area contributed by atoms with E-state index >= 15 is 0 Å². The van der Waals surface area contributed by atoms with Gasteiger partial charge in [-0.15, -0.1) is 0 Å². The number of carbonyl (C=O) groups is 2. The molecule has 2 aliphatic heterocycles. The molecule has 0 saturated carbocycles. The average molecular weight is 526 g/mol. The van der Waals surface area contributed by atoms with E-state index in [1.165, 1.54) is 26.5 Å². The average Bonchev–Trinajstić information content (AvgIpc) is 3.06. The van der Waals surface area contributed by atoms with Gasteiger partial charge in [-0.1, -0.05) is 0 Å². The van der Waals surface area contributed by atoms with Crippen molar-refractivity contribution in [3.8, 4) is 17.0 Å². The summed E-state index contributed by atoms with van der Waals surface area (Å²) in [5, 5.41) is 19.6. The molecule has 1 aromatic heterocycles. The number of hydrogen-bond donors (Lipinski definition) is 1. The standard InChI is InChI=1S/C25H31N7O4S/c1-13-10-26-18(14(2)21(13)36-8)11-31-27-17-9-15(23(33)30(6)7)16-12-37-29-22(20(28-31)19(16)17)32(24(34)35)25(3,4)5/h9-10H,11-12H2,1-8H3,(H,34,35). The van der Waals surface area contributed by atoms with E-state index in [1.54, 1.807) is 54.2 Å². The number of carboxylic acid groups (broad SMARTS) is 1. The summed E-state index contributed by atoms with van der Waals surface area (Å²) >= 11 is 1.19. The number of methoxy groups -OCH3 is 1. The van der Waals surface area contributed by atoms with Crippen molar-refractivity contribution in [3.05, 3.63) is 45.9 Å². The van der Waals surface area contributed by atoms with Crippen molar-refractivity contribution in [3.63, 3.8) is 0 Å². The fourth-order valence-electron chi connectivity index (χ4n) is 4.46. The Morgan fingerprint density at radius 3 is 2.51 bits per heavy atom. The highest BCUT2D eigenvalue weighted by Gasteiger charge is 2.38. The highest BCUT2D eigenvalue weighted by molar-refractivity contribution is 7.97. The first-order chi connectivity index (χ1) is 17.3. The maximum atomic E-state index is 13.0. The minimum absolute atomic E-state index is 0.166. The summed E-state index contributed by atoms with van der Waals surface area (Å²) in [4.78, 5) is 34.2. The van der Waals surface area contributed by atoms with Crippen LogP contribution >= 0.6 is 11.9 Å². The number of pyridine rings is 1. The molecular formula is C25H31N7O4S. The van der Waals surface area contributed by atoms with Gasteiger partial charge in [0.15, 0.2) is 5.84 Å². The van der Waals surface area contributed by atoms with E-state index in [1.807, 2.05) is 13.8 Å². The Balaban J connectivity index is 1.97. The van der Waals surface area contributed by atoms with Gasteiger partial charge in [-0.2, -0.15) is 19.4 Å². The molecule has 0 unspecified atom stereocenters. The molecule has 3 aliphatic rings. The fourth-order valence-corrected chi connectivity index (χ4v) is 5.24. The third-order valence-electron chi connectivity index (χ3n) is 6.16. The van der Waals surface area contributed by atoms with Crippen molar-refractivity contribution in [2.45, 2.75) is 52.5 Å². The number of carbonyl (C=O) groups excluding carboxylic acids is 1. The number of aromatic nitrogens is 4. The van der Waals surface area contributed by atoms with Gasteiger partial charge in [0, 0.05) is 53.8 Å². The summed E-state index contributed by atoms with van der Waals surface area (Å²) in [6.07, 6.45) is 0.588. The second-order valence-electron chi connectivity index (χ2n) is 10.1. The van der Waals surface area contributed by atoms with Crippen LogP contribution in [0.15, 0.2) is 16.7 Å². The van der Waals surface area contributed by atoms with Crippen molar-refractivity contribution in [2.75, 3.05) is 21.2 Å². The molecule has 0 fully saturated rings. The Morgan fingerprint density at radius 1 is 1.22 bits per heavy atom. The molecule has 1 aromatic rings. The van der Waals surface area contributed by atoms with Gasteiger partial charge in [0.05, 0.1) is 18.5 Å².